The van der Waals surface area contributed by atoms with Crippen molar-refractivity contribution in [2.75, 3.05) is 16.8 Å². The van der Waals surface area contributed by atoms with E-state index in [0.717, 1.165) is 42.1 Å². The number of rotatable bonds is 3. The summed E-state index contributed by atoms with van der Waals surface area (Å²) >= 11 is 6.31. The molecule has 0 bridgehead atoms. The summed E-state index contributed by atoms with van der Waals surface area (Å²) in [6.07, 6.45) is 4.41. The minimum Gasteiger partial charge on any atom is -0.365 e. The molecule has 2 N–H and O–H groups in total. The van der Waals surface area contributed by atoms with Crippen LogP contribution in [-0.2, 0) is 17.8 Å². The van der Waals surface area contributed by atoms with Crippen LogP contribution in [0.4, 0.5) is 11.4 Å². The molecule has 5 nitrogen and oxygen atoms in total. The van der Waals surface area contributed by atoms with Crippen molar-refractivity contribution in [2.45, 2.75) is 19.9 Å². The molecule has 0 atom stereocenters. The first-order valence-corrected chi connectivity index (χ1v) is 6.83. The fraction of sp³-hybridized carbons (Fsp3) is 0.286. The molecule has 0 unspecified atom stereocenters. The fourth-order valence-corrected chi connectivity index (χ4v) is 2.84. The molecular weight excluding hydrogens is 276 g/mol. The molecule has 0 aliphatic carbocycles. The molecule has 0 saturated heterocycles. The van der Waals surface area contributed by atoms with Gasteiger partial charge in [-0.25, -0.2) is 4.98 Å². The van der Waals surface area contributed by atoms with Crippen molar-refractivity contribution in [1.29, 1.82) is 0 Å². The Morgan fingerprint density at radius 3 is 3.10 bits per heavy atom. The summed E-state index contributed by atoms with van der Waals surface area (Å²) in [5, 5.41) is 3.49. The van der Waals surface area contributed by atoms with Crippen LogP contribution in [0.2, 0.25) is 5.02 Å². The maximum absolute atomic E-state index is 11.2. The van der Waals surface area contributed by atoms with E-state index in [-0.39, 0.29) is 5.91 Å². The molecule has 1 amide bonds. The first kappa shape index (κ1) is 13.0. The van der Waals surface area contributed by atoms with Gasteiger partial charge in [-0.15, -0.1) is 0 Å². The highest BCUT2D eigenvalue weighted by atomic mass is 35.5. The van der Waals surface area contributed by atoms with E-state index in [1.54, 1.807) is 6.33 Å². The van der Waals surface area contributed by atoms with Crippen molar-refractivity contribution in [3.05, 3.63) is 40.9 Å². The lowest BCUT2D eigenvalue weighted by Gasteiger charge is -2.19. The number of aromatic amines is 1. The molecule has 0 radical (unpaired) electrons. The predicted molar refractivity (Wildman–Crippen MR) is 79.1 cm³/mol. The Bertz CT molecular complexity index is 639. The van der Waals surface area contributed by atoms with Gasteiger partial charge in [0.2, 0.25) is 5.91 Å². The van der Waals surface area contributed by atoms with E-state index in [1.807, 2.05) is 18.3 Å². The molecule has 20 heavy (non-hydrogen) atoms. The van der Waals surface area contributed by atoms with Crippen LogP contribution in [0.3, 0.4) is 0 Å². The van der Waals surface area contributed by atoms with E-state index in [9.17, 15) is 4.79 Å². The fourth-order valence-electron chi connectivity index (χ4n) is 2.54. The lowest BCUT2D eigenvalue weighted by molar-refractivity contribution is -0.114. The lowest BCUT2D eigenvalue weighted by atomic mass is 10.1. The van der Waals surface area contributed by atoms with Crippen molar-refractivity contribution < 1.29 is 4.79 Å². The average Bonchev–Trinajstić information content (AvgIpc) is 3.00. The van der Waals surface area contributed by atoms with Gasteiger partial charge in [-0.3, -0.25) is 4.79 Å². The second kappa shape index (κ2) is 5.17. The number of halogens is 1. The van der Waals surface area contributed by atoms with Crippen molar-refractivity contribution >= 4 is 28.9 Å². The first-order valence-electron chi connectivity index (χ1n) is 6.45. The lowest BCUT2D eigenvalue weighted by Crippen LogP contribution is -2.20. The van der Waals surface area contributed by atoms with E-state index in [2.05, 4.69) is 20.2 Å². The van der Waals surface area contributed by atoms with Crippen molar-refractivity contribution in [3.63, 3.8) is 0 Å². The SMILES string of the molecule is CC(=O)Nc1cc(Cl)c2c(c1)N(Cc1cnc[nH]1)CC2. The van der Waals surface area contributed by atoms with Crippen molar-refractivity contribution in [1.82, 2.24) is 9.97 Å². The van der Waals surface area contributed by atoms with Crippen LogP contribution < -0.4 is 10.2 Å². The quantitative estimate of drug-likeness (QED) is 0.913. The number of aromatic nitrogens is 2. The largest absolute Gasteiger partial charge is 0.365 e. The smallest absolute Gasteiger partial charge is 0.221 e. The number of hydrogen-bond acceptors (Lipinski definition) is 3. The zero-order chi connectivity index (χ0) is 14.1. The number of carbonyl (C=O) groups excluding carboxylic acids is 1. The number of nitrogens with zero attached hydrogens (tertiary/aromatic N) is 2. The third kappa shape index (κ3) is 2.49. The predicted octanol–water partition coefficient (Wildman–Crippen LogP) is 2.58. The topological polar surface area (TPSA) is 61.0 Å². The standard InChI is InChI=1S/C14H15ClN4O/c1-9(20)18-10-4-13(15)12-2-3-19(14(12)5-10)7-11-6-16-8-17-11/h4-6,8H,2-3,7H2,1H3,(H,16,17)(H,18,20). The Morgan fingerprint density at radius 2 is 2.40 bits per heavy atom. The van der Waals surface area contributed by atoms with Gasteiger partial charge in [-0.05, 0) is 24.1 Å². The first-order chi connectivity index (χ1) is 9.63. The highest BCUT2D eigenvalue weighted by Crippen LogP contribution is 2.37. The number of hydrogen-bond donors (Lipinski definition) is 2. The molecule has 0 spiro atoms. The molecule has 1 aliphatic rings. The average molecular weight is 291 g/mol. The molecular formula is C14H15ClN4O. The number of carbonyl (C=O) groups is 1. The summed E-state index contributed by atoms with van der Waals surface area (Å²) in [5.41, 5.74) is 4.01. The minimum absolute atomic E-state index is 0.0980. The monoisotopic (exact) mass is 290 g/mol. The summed E-state index contributed by atoms with van der Waals surface area (Å²) in [5.74, 6) is -0.0980. The van der Waals surface area contributed by atoms with Crippen LogP contribution in [0, 0.1) is 0 Å². The van der Waals surface area contributed by atoms with Crippen LogP contribution >= 0.6 is 11.6 Å². The molecule has 0 saturated carbocycles. The van der Waals surface area contributed by atoms with E-state index >= 15 is 0 Å². The number of anilines is 2. The zero-order valence-corrected chi connectivity index (χ0v) is 11.9. The Kier molecular flexibility index (Phi) is 3.36. The Hall–Kier alpha value is -2.01. The molecule has 6 heteroatoms. The summed E-state index contributed by atoms with van der Waals surface area (Å²) in [4.78, 5) is 20.5. The number of H-pyrrole nitrogens is 1. The van der Waals surface area contributed by atoms with Gasteiger partial charge >= 0.3 is 0 Å². The molecule has 2 aromatic rings. The minimum atomic E-state index is -0.0980. The second-order valence-electron chi connectivity index (χ2n) is 4.89. The van der Waals surface area contributed by atoms with Crippen LogP contribution in [-0.4, -0.2) is 22.4 Å². The molecule has 1 aliphatic heterocycles. The van der Waals surface area contributed by atoms with Crippen LogP contribution in [0.25, 0.3) is 0 Å². The third-order valence-electron chi connectivity index (χ3n) is 3.38. The molecule has 1 aromatic heterocycles. The Morgan fingerprint density at radius 1 is 1.55 bits per heavy atom. The van der Waals surface area contributed by atoms with Gasteiger partial charge in [0.25, 0.3) is 0 Å². The van der Waals surface area contributed by atoms with E-state index < -0.39 is 0 Å². The van der Waals surface area contributed by atoms with Crippen LogP contribution in [0.1, 0.15) is 18.2 Å². The highest BCUT2D eigenvalue weighted by molar-refractivity contribution is 6.32. The van der Waals surface area contributed by atoms with Gasteiger partial charge in [0.1, 0.15) is 0 Å². The zero-order valence-electron chi connectivity index (χ0n) is 11.1. The summed E-state index contributed by atoms with van der Waals surface area (Å²) < 4.78 is 0. The molecule has 104 valence electrons. The van der Waals surface area contributed by atoms with E-state index in [0.29, 0.717) is 5.02 Å². The summed E-state index contributed by atoms with van der Waals surface area (Å²) in [7, 11) is 0. The Labute approximate surface area is 122 Å². The van der Waals surface area contributed by atoms with Gasteiger partial charge in [0.05, 0.1) is 18.6 Å². The summed E-state index contributed by atoms with van der Waals surface area (Å²) in [6, 6.07) is 3.79. The number of benzene rings is 1. The number of imidazole rings is 1. The molecule has 0 fully saturated rings. The van der Waals surface area contributed by atoms with Gasteiger partial charge in [0.15, 0.2) is 0 Å². The Balaban J connectivity index is 1.90. The maximum Gasteiger partial charge on any atom is 0.221 e. The van der Waals surface area contributed by atoms with Crippen LogP contribution in [0.5, 0.6) is 0 Å². The number of amides is 1. The van der Waals surface area contributed by atoms with Gasteiger partial charge in [-0.1, -0.05) is 11.6 Å². The summed E-state index contributed by atoms with van der Waals surface area (Å²) in [6.45, 7) is 3.16. The normalized spacial score (nSPS) is 13.4. The van der Waals surface area contributed by atoms with Gasteiger partial charge in [0, 0.05) is 36.1 Å². The van der Waals surface area contributed by atoms with E-state index in [4.69, 9.17) is 11.6 Å². The highest BCUT2D eigenvalue weighted by Gasteiger charge is 2.23. The van der Waals surface area contributed by atoms with E-state index in [1.165, 1.54) is 6.92 Å². The molecule has 1 aromatic carbocycles. The van der Waals surface area contributed by atoms with Crippen molar-refractivity contribution in [3.8, 4) is 0 Å². The number of fused-ring (bicyclic) bond motifs is 1. The van der Waals surface area contributed by atoms with Gasteiger partial charge in [-0.2, -0.15) is 0 Å². The number of nitrogens with one attached hydrogen (secondary N) is 2. The maximum atomic E-state index is 11.2. The molecule has 3 rings (SSSR count). The van der Waals surface area contributed by atoms with Crippen LogP contribution in [0.15, 0.2) is 24.7 Å². The molecule has 2 heterocycles. The third-order valence-corrected chi connectivity index (χ3v) is 3.72. The van der Waals surface area contributed by atoms with Gasteiger partial charge < -0.3 is 15.2 Å². The second-order valence-corrected chi connectivity index (χ2v) is 5.29. The van der Waals surface area contributed by atoms with Crippen molar-refractivity contribution in [2.24, 2.45) is 0 Å².